The number of fused-ring (bicyclic) bond motifs is 1. The van der Waals surface area contributed by atoms with E-state index in [-0.39, 0.29) is 11.9 Å². The first-order chi connectivity index (χ1) is 12.4. The molecular formula is C21H26N2O3. The van der Waals surface area contributed by atoms with E-state index in [0.29, 0.717) is 19.8 Å². The molecule has 0 saturated heterocycles. The van der Waals surface area contributed by atoms with Gasteiger partial charge in [0.2, 0.25) is 5.91 Å². The molecule has 1 N–H and O–H groups in total. The van der Waals surface area contributed by atoms with Crippen LogP contribution in [0.15, 0.2) is 36.4 Å². The van der Waals surface area contributed by atoms with E-state index in [1.807, 2.05) is 69.1 Å². The van der Waals surface area contributed by atoms with E-state index < -0.39 is 0 Å². The molecule has 1 heterocycles. The van der Waals surface area contributed by atoms with Crippen molar-refractivity contribution in [2.75, 3.05) is 25.6 Å². The molecule has 0 spiro atoms. The Kier molecular flexibility index (Phi) is 5.47. The van der Waals surface area contributed by atoms with Crippen LogP contribution in [0.2, 0.25) is 0 Å². The first kappa shape index (κ1) is 18.3. The average molecular weight is 354 g/mol. The second-order valence-electron chi connectivity index (χ2n) is 6.88. The predicted octanol–water partition coefficient (Wildman–Crippen LogP) is 3.53. The number of anilines is 1. The van der Waals surface area contributed by atoms with Crippen LogP contribution in [0.3, 0.4) is 0 Å². The van der Waals surface area contributed by atoms with E-state index in [1.165, 1.54) is 0 Å². The fourth-order valence-corrected chi connectivity index (χ4v) is 2.92. The van der Waals surface area contributed by atoms with Crippen molar-refractivity contribution in [2.24, 2.45) is 0 Å². The molecule has 3 rings (SSSR count). The van der Waals surface area contributed by atoms with E-state index in [9.17, 15) is 4.79 Å². The Morgan fingerprint density at radius 2 is 1.85 bits per heavy atom. The van der Waals surface area contributed by atoms with Crippen LogP contribution in [0.5, 0.6) is 11.5 Å². The zero-order valence-electron chi connectivity index (χ0n) is 15.8. The molecule has 5 heteroatoms. The summed E-state index contributed by atoms with van der Waals surface area (Å²) in [6, 6.07) is 11.7. The van der Waals surface area contributed by atoms with E-state index in [0.717, 1.165) is 33.9 Å². The Labute approximate surface area is 154 Å². The van der Waals surface area contributed by atoms with Crippen LogP contribution >= 0.6 is 0 Å². The summed E-state index contributed by atoms with van der Waals surface area (Å²) in [5.74, 6) is 1.54. The Morgan fingerprint density at radius 1 is 1.12 bits per heavy atom. The van der Waals surface area contributed by atoms with E-state index in [2.05, 4.69) is 5.32 Å². The van der Waals surface area contributed by atoms with Gasteiger partial charge in [-0.25, -0.2) is 0 Å². The van der Waals surface area contributed by atoms with Crippen molar-refractivity contribution in [1.82, 2.24) is 4.90 Å². The van der Waals surface area contributed by atoms with Gasteiger partial charge in [0, 0.05) is 12.2 Å². The first-order valence-corrected chi connectivity index (χ1v) is 8.91. The van der Waals surface area contributed by atoms with Crippen LogP contribution in [0.1, 0.15) is 23.6 Å². The molecule has 2 aromatic carbocycles. The highest BCUT2D eigenvalue weighted by molar-refractivity contribution is 5.95. The van der Waals surface area contributed by atoms with Gasteiger partial charge in [-0.15, -0.1) is 0 Å². The van der Waals surface area contributed by atoms with Crippen LogP contribution in [-0.2, 0) is 11.3 Å². The van der Waals surface area contributed by atoms with Gasteiger partial charge in [-0.05, 0) is 62.7 Å². The largest absolute Gasteiger partial charge is 0.486 e. The molecule has 1 aliphatic heterocycles. The molecular weight excluding hydrogens is 328 g/mol. The number of ether oxygens (including phenoxy) is 2. The van der Waals surface area contributed by atoms with Gasteiger partial charge in [0.15, 0.2) is 11.5 Å². The smallest absolute Gasteiger partial charge is 0.241 e. The quantitative estimate of drug-likeness (QED) is 0.892. The number of hydrogen-bond acceptors (Lipinski definition) is 4. The summed E-state index contributed by atoms with van der Waals surface area (Å²) in [5, 5.41) is 3.04. The van der Waals surface area contributed by atoms with Gasteiger partial charge in [0.1, 0.15) is 13.2 Å². The van der Waals surface area contributed by atoms with E-state index >= 15 is 0 Å². The predicted molar refractivity (Wildman–Crippen MR) is 103 cm³/mol. The normalized spacial score (nSPS) is 14.2. The lowest BCUT2D eigenvalue weighted by Gasteiger charge is -2.25. The lowest BCUT2D eigenvalue weighted by atomic mass is 10.1. The molecule has 26 heavy (non-hydrogen) atoms. The fraction of sp³-hybridized carbons (Fsp3) is 0.381. The zero-order chi connectivity index (χ0) is 18.7. The molecule has 0 aliphatic carbocycles. The molecule has 2 aromatic rings. The standard InChI is InChI=1S/C21H26N2O3/c1-14-5-6-15(2)18(11-14)22-21(24)16(3)23(4)13-17-7-8-19-20(12-17)26-10-9-25-19/h5-8,11-12,16H,9-10,13H2,1-4H3,(H,22,24)/t16-/m1/s1. The van der Waals surface area contributed by atoms with Crippen molar-refractivity contribution >= 4 is 11.6 Å². The van der Waals surface area contributed by atoms with Crippen molar-refractivity contribution in [2.45, 2.75) is 33.4 Å². The maximum atomic E-state index is 12.6. The van der Waals surface area contributed by atoms with Crippen molar-refractivity contribution in [1.29, 1.82) is 0 Å². The summed E-state index contributed by atoms with van der Waals surface area (Å²) in [5.41, 5.74) is 4.14. The molecule has 1 amide bonds. The van der Waals surface area contributed by atoms with Crippen molar-refractivity contribution < 1.29 is 14.3 Å². The maximum absolute atomic E-state index is 12.6. The summed E-state index contributed by atoms with van der Waals surface area (Å²) in [6.45, 7) is 7.74. The maximum Gasteiger partial charge on any atom is 0.241 e. The van der Waals surface area contributed by atoms with Crippen LogP contribution in [0.25, 0.3) is 0 Å². The molecule has 0 saturated carbocycles. The number of nitrogens with one attached hydrogen (secondary N) is 1. The number of rotatable bonds is 5. The fourth-order valence-electron chi connectivity index (χ4n) is 2.92. The van der Waals surface area contributed by atoms with Gasteiger partial charge in [0.05, 0.1) is 6.04 Å². The van der Waals surface area contributed by atoms with Crippen molar-refractivity contribution in [3.63, 3.8) is 0 Å². The van der Waals surface area contributed by atoms with Crippen molar-refractivity contribution in [3.05, 3.63) is 53.1 Å². The van der Waals surface area contributed by atoms with E-state index in [1.54, 1.807) is 0 Å². The Balaban J connectivity index is 1.64. The average Bonchev–Trinajstić information content (AvgIpc) is 2.64. The first-order valence-electron chi connectivity index (χ1n) is 8.91. The molecule has 0 fully saturated rings. The summed E-state index contributed by atoms with van der Waals surface area (Å²) >= 11 is 0. The highest BCUT2D eigenvalue weighted by Crippen LogP contribution is 2.31. The van der Waals surface area contributed by atoms with Gasteiger partial charge in [-0.2, -0.15) is 0 Å². The monoisotopic (exact) mass is 354 g/mol. The Hall–Kier alpha value is -2.53. The Morgan fingerprint density at radius 3 is 2.62 bits per heavy atom. The minimum absolute atomic E-state index is 0.0151. The number of carbonyl (C=O) groups is 1. The molecule has 0 aromatic heterocycles. The third kappa shape index (κ3) is 4.17. The van der Waals surface area contributed by atoms with Gasteiger partial charge in [-0.1, -0.05) is 18.2 Å². The van der Waals surface area contributed by atoms with Gasteiger partial charge in [-0.3, -0.25) is 9.69 Å². The minimum atomic E-state index is -0.261. The van der Waals surface area contributed by atoms with Crippen LogP contribution in [0, 0.1) is 13.8 Å². The molecule has 138 valence electrons. The summed E-state index contributed by atoms with van der Waals surface area (Å²) < 4.78 is 11.2. The number of hydrogen-bond donors (Lipinski definition) is 1. The minimum Gasteiger partial charge on any atom is -0.486 e. The molecule has 0 radical (unpaired) electrons. The number of benzene rings is 2. The molecule has 0 unspecified atom stereocenters. The van der Waals surface area contributed by atoms with Crippen LogP contribution in [0.4, 0.5) is 5.69 Å². The molecule has 1 atom stereocenters. The number of carbonyl (C=O) groups excluding carboxylic acids is 1. The SMILES string of the molecule is Cc1ccc(C)c(NC(=O)[C@@H](C)N(C)Cc2ccc3c(c2)OCCO3)c1. The number of nitrogens with zero attached hydrogens (tertiary/aromatic N) is 1. The molecule has 0 bridgehead atoms. The van der Waals surface area contributed by atoms with Gasteiger partial charge >= 0.3 is 0 Å². The lowest BCUT2D eigenvalue weighted by Crippen LogP contribution is -2.39. The Bertz CT molecular complexity index is 804. The summed E-state index contributed by atoms with van der Waals surface area (Å²) in [6.07, 6.45) is 0. The second-order valence-corrected chi connectivity index (χ2v) is 6.88. The lowest BCUT2D eigenvalue weighted by molar-refractivity contribution is -0.120. The van der Waals surface area contributed by atoms with Crippen LogP contribution in [-0.4, -0.2) is 37.1 Å². The highest BCUT2D eigenvalue weighted by Gasteiger charge is 2.20. The third-order valence-electron chi connectivity index (χ3n) is 4.73. The van der Waals surface area contributed by atoms with Gasteiger partial charge in [0.25, 0.3) is 0 Å². The number of aryl methyl sites for hydroxylation is 2. The topological polar surface area (TPSA) is 50.8 Å². The second kappa shape index (κ2) is 7.79. The highest BCUT2D eigenvalue weighted by atomic mass is 16.6. The molecule has 1 aliphatic rings. The van der Waals surface area contributed by atoms with Gasteiger partial charge < -0.3 is 14.8 Å². The summed E-state index contributed by atoms with van der Waals surface area (Å²) in [4.78, 5) is 14.7. The summed E-state index contributed by atoms with van der Waals surface area (Å²) in [7, 11) is 1.95. The van der Waals surface area contributed by atoms with Crippen LogP contribution < -0.4 is 14.8 Å². The zero-order valence-corrected chi connectivity index (χ0v) is 15.8. The third-order valence-corrected chi connectivity index (χ3v) is 4.73. The van der Waals surface area contributed by atoms with Crippen molar-refractivity contribution in [3.8, 4) is 11.5 Å². The number of amides is 1. The number of likely N-dealkylation sites (N-methyl/N-ethyl adjacent to an activating group) is 1. The van der Waals surface area contributed by atoms with E-state index in [4.69, 9.17) is 9.47 Å². The molecule has 5 nitrogen and oxygen atoms in total.